The fourth-order valence-electron chi connectivity index (χ4n) is 2.08. The maximum absolute atomic E-state index is 5.82. The van der Waals surface area contributed by atoms with E-state index in [1.807, 2.05) is 0 Å². The van der Waals surface area contributed by atoms with Crippen LogP contribution in [0.3, 0.4) is 0 Å². The molecule has 1 fully saturated rings. The Morgan fingerprint density at radius 3 is 2.17 bits per heavy atom. The molecule has 0 aromatic heterocycles. The molecule has 108 valence electrons. The fraction of sp³-hybridized carbons (Fsp3) is 1.00. The summed E-state index contributed by atoms with van der Waals surface area (Å²) < 4.78 is 22.5. The first-order valence-corrected chi connectivity index (χ1v) is 8.82. The summed E-state index contributed by atoms with van der Waals surface area (Å²) in [5.74, 6) is 0. The molecule has 0 saturated carbocycles. The SMILES string of the molecule is CCN(CC)CCC[Si]1(OC)OCCOCCO1. The van der Waals surface area contributed by atoms with Crippen molar-refractivity contribution in [2.24, 2.45) is 0 Å². The molecule has 0 unspecified atom stereocenters. The van der Waals surface area contributed by atoms with Gasteiger partial charge in [-0.2, -0.15) is 0 Å². The first-order chi connectivity index (χ1) is 8.76. The van der Waals surface area contributed by atoms with Crippen LogP contribution in [-0.2, 0) is 18.0 Å². The third kappa shape index (κ3) is 5.34. The normalized spacial score (nSPS) is 20.7. The molecule has 1 aliphatic rings. The zero-order valence-electron chi connectivity index (χ0n) is 11.9. The Balaban J connectivity index is 2.37. The summed E-state index contributed by atoms with van der Waals surface area (Å²) >= 11 is 0. The quantitative estimate of drug-likeness (QED) is 0.657. The highest BCUT2D eigenvalue weighted by Crippen LogP contribution is 2.18. The minimum Gasteiger partial charge on any atom is -0.377 e. The first kappa shape index (κ1) is 16.1. The molecule has 0 amide bonds. The standard InChI is InChI=1S/C12H27NO4Si/c1-4-13(5-2)7-6-12-18(14-3)16-10-8-15-9-11-17-18/h4-12H2,1-3H3. The number of hydrogen-bond acceptors (Lipinski definition) is 5. The van der Waals surface area contributed by atoms with Gasteiger partial charge in [0.2, 0.25) is 0 Å². The molecular weight excluding hydrogens is 250 g/mol. The van der Waals surface area contributed by atoms with Crippen molar-refractivity contribution in [2.75, 3.05) is 53.2 Å². The predicted octanol–water partition coefficient (Wildman–Crippen LogP) is 1.37. The van der Waals surface area contributed by atoms with Crippen molar-refractivity contribution in [3.05, 3.63) is 0 Å². The summed E-state index contributed by atoms with van der Waals surface area (Å²) in [6.07, 6.45) is 1.06. The van der Waals surface area contributed by atoms with Gasteiger partial charge in [-0.05, 0) is 26.1 Å². The van der Waals surface area contributed by atoms with Crippen LogP contribution in [0, 0.1) is 0 Å². The lowest BCUT2D eigenvalue weighted by atomic mass is 10.4. The summed E-state index contributed by atoms with van der Waals surface area (Å²) in [5.41, 5.74) is 0. The molecular formula is C12H27NO4Si. The zero-order chi connectivity index (χ0) is 13.3. The minimum atomic E-state index is -2.44. The third-order valence-electron chi connectivity index (χ3n) is 3.26. The average molecular weight is 277 g/mol. The topological polar surface area (TPSA) is 40.2 Å². The van der Waals surface area contributed by atoms with Crippen molar-refractivity contribution in [1.82, 2.24) is 4.90 Å². The van der Waals surface area contributed by atoms with Gasteiger partial charge >= 0.3 is 8.80 Å². The van der Waals surface area contributed by atoms with E-state index in [9.17, 15) is 0 Å². The highest BCUT2D eigenvalue weighted by Gasteiger charge is 2.40. The van der Waals surface area contributed by atoms with Gasteiger partial charge in [0.05, 0.1) is 26.4 Å². The highest BCUT2D eigenvalue weighted by atomic mass is 28.4. The Bertz CT molecular complexity index is 206. The Hall–Kier alpha value is 0.0169. The molecule has 0 aromatic rings. The van der Waals surface area contributed by atoms with Gasteiger partial charge in [0.15, 0.2) is 0 Å². The third-order valence-corrected chi connectivity index (χ3v) is 6.14. The molecule has 0 spiro atoms. The van der Waals surface area contributed by atoms with Crippen LogP contribution in [0.25, 0.3) is 0 Å². The molecule has 1 rings (SSSR count). The fourth-order valence-corrected chi connectivity index (χ4v) is 4.27. The smallest absolute Gasteiger partial charge is 0.377 e. The second-order valence-electron chi connectivity index (χ2n) is 4.33. The van der Waals surface area contributed by atoms with Gasteiger partial charge < -0.3 is 22.9 Å². The van der Waals surface area contributed by atoms with E-state index in [4.69, 9.17) is 18.0 Å². The lowest BCUT2D eigenvalue weighted by Crippen LogP contribution is -2.48. The molecule has 5 nitrogen and oxygen atoms in total. The molecule has 0 bridgehead atoms. The van der Waals surface area contributed by atoms with Gasteiger partial charge in [0, 0.05) is 13.2 Å². The maximum atomic E-state index is 5.82. The van der Waals surface area contributed by atoms with E-state index < -0.39 is 8.80 Å². The monoisotopic (exact) mass is 277 g/mol. The summed E-state index contributed by atoms with van der Waals surface area (Å²) in [5, 5.41) is 0. The lowest BCUT2D eigenvalue weighted by molar-refractivity contribution is -0.00978. The molecule has 1 aliphatic heterocycles. The molecule has 6 heteroatoms. The summed E-state index contributed by atoms with van der Waals surface area (Å²) in [6, 6.07) is 0.889. The van der Waals surface area contributed by atoms with Crippen molar-refractivity contribution in [2.45, 2.75) is 26.3 Å². The Morgan fingerprint density at radius 2 is 1.67 bits per heavy atom. The molecule has 0 aliphatic carbocycles. The first-order valence-electron chi connectivity index (χ1n) is 6.89. The van der Waals surface area contributed by atoms with Crippen molar-refractivity contribution < 1.29 is 18.0 Å². The largest absolute Gasteiger partial charge is 0.500 e. The van der Waals surface area contributed by atoms with Crippen molar-refractivity contribution >= 4 is 8.80 Å². The van der Waals surface area contributed by atoms with Crippen LogP contribution in [0.4, 0.5) is 0 Å². The van der Waals surface area contributed by atoms with Crippen LogP contribution in [0.5, 0.6) is 0 Å². The predicted molar refractivity (Wildman–Crippen MR) is 72.7 cm³/mol. The Labute approximate surface area is 112 Å². The van der Waals surface area contributed by atoms with E-state index in [-0.39, 0.29) is 0 Å². The minimum absolute atomic E-state index is 0.575. The summed E-state index contributed by atoms with van der Waals surface area (Å²) in [6.45, 7) is 10.1. The molecule has 0 atom stereocenters. The van der Waals surface area contributed by atoms with Crippen LogP contribution in [0.15, 0.2) is 0 Å². The molecule has 1 saturated heterocycles. The Kier molecular flexibility index (Phi) is 8.04. The lowest BCUT2D eigenvalue weighted by Gasteiger charge is -2.30. The van der Waals surface area contributed by atoms with Crippen LogP contribution >= 0.6 is 0 Å². The van der Waals surface area contributed by atoms with Gasteiger partial charge in [-0.15, -0.1) is 0 Å². The van der Waals surface area contributed by atoms with Crippen molar-refractivity contribution in [1.29, 1.82) is 0 Å². The molecule has 0 aromatic carbocycles. The zero-order valence-corrected chi connectivity index (χ0v) is 12.9. The second kappa shape index (κ2) is 9.01. The van der Waals surface area contributed by atoms with E-state index in [1.54, 1.807) is 7.11 Å². The maximum Gasteiger partial charge on any atom is 0.500 e. The number of nitrogens with zero attached hydrogens (tertiary/aromatic N) is 1. The Morgan fingerprint density at radius 1 is 1.06 bits per heavy atom. The molecule has 1 heterocycles. The molecule has 0 N–H and O–H groups in total. The second-order valence-corrected chi connectivity index (χ2v) is 7.18. The van der Waals surface area contributed by atoms with Crippen molar-refractivity contribution in [3.63, 3.8) is 0 Å². The van der Waals surface area contributed by atoms with Crippen LogP contribution in [0.1, 0.15) is 20.3 Å². The van der Waals surface area contributed by atoms with E-state index >= 15 is 0 Å². The number of hydrogen-bond donors (Lipinski definition) is 0. The van der Waals surface area contributed by atoms with E-state index in [2.05, 4.69) is 18.7 Å². The van der Waals surface area contributed by atoms with Gasteiger partial charge in [-0.1, -0.05) is 13.8 Å². The van der Waals surface area contributed by atoms with Crippen LogP contribution in [0.2, 0.25) is 6.04 Å². The van der Waals surface area contributed by atoms with Crippen molar-refractivity contribution in [3.8, 4) is 0 Å². The van der Waals surface area contributed by atoms with Gasteiger partial charge in [-0.3, -0.25) is 0 Å². The number of ether oxygens (including phenoxy) is 1. The van der Waals surface area contributed by atoms with Crippen LogP contribution in [-0.4, -0.2) is 66.9 Å². The summed E-state index contributed by atoms with van der Waals surface area (Å²) in [7, 11) is -0.738. The van der Waals surface area contributed by atoms with E-state index in [1.165, 1.54) is 0 Å². The molecule has 18 heavy (non-hydrogen) atoms. The highest BCUT2D eigenvalue weighted by molar-refractivity contribution is 6.60. The van der Waals surface area contributed by atoms with Crippen LogP contribution < -0.4 is 0 Å². The average Bonchev–Trinajstić information content (AvgIpc) is 2.37. The van der Waals surface area contributed by atoms with Gasteiger partial charge in [-0.25, -0.2) is 0 Å². The van der Waals surface area contributed by atoms with Gasteiger partial charge in [0.25, 0.3) is 0 Å². The number of rotatable bonds is 7. The molecule has 0 radical (unpaired) electrons. The summed E-state index contributed by atoms with van der Waals surface area (Å²) in [4.78, 5) is 2.41. The van der Waals surface area contributed by atoms with E-state index in [0.29, 0.717) is 26.4 Å². The van der Waals surface area contributed by atoms with Gasteiger partial charge in [0.1, 0.15) is 0 Å². The van der Waals surface area contributed by atoms with E-state index in [0.717, 1.165) is 32.1 Å².